The van der Waals surface area contributed by atoms with Crippen LogP contribution in [-0.4, -0.2) is 16.6 Å². The molecular weight excluding hydrogens is 267 g/mol. The summed E-state index contributed by atoms with van der Waals surface area (Å²) in [7, 11) is 0. The number of phenols is 1. The van der Waals surface area contributed by atoms with Crippen LogP contribution in [0.15, 0.2) is 58.3 Å². The number of phenolic OH excluding ortho intramolecular Hbond substituents is 1. The van der Waals surface area contributed by atoms with Gasteiger partial charge in [0, 0.05) is 21.3 Å². The molecule has 0 fully saturated rings. The number of halogens is 1. The zero-order valence-corrected chi connectivity index (χ0v) is 11.3. The first-order chi connectivity index (χ1) is 8.75. The molecule has 2 rings (SSSR count). The van der Waals surface area contributed by atoms with Crippen LogP contribution in [0.3, 0.4) is 0 Å². The van der Waals surface area contributed by atoms with Crippen LogP contribution in [0.4, 0.5) is 4.39 Å². The largest absolute Gasteiger partial charge is 0.508 e. The number of aromatic hydroxyl groups is 1. The predicted octanol–water partition coefficient (Wildman–Crippen LogP) is 4.42. The van der Waals surface area contributed by atoms with Crippen molar-refractivity contribution >= 4 is 23.5 Å². The van der Waals surface area contributed by atoms with Gasteiger partial charge in [-0.1, -0.05) is 18.2 Å². The van der Waals surface area contributed by atoms with E-state index in [1.165, 1.54) is 17.8 Å². The summed E-state index contributed by atoms with van der Waals surface area (Å²) in [6.07, 6.45) is 0. The SMILES string of the molecule is Oc1cccc(SCCSc2ccccc2F)c1. The lowest BCUT2D eigenvalue weighted by atomic mass is 10.3. The van der Waals surface area contributed by atoms with Crippen LogP contribution in [-0.2, 0) is 0 Å². The topological polar surface area (TPSA) is 20.2 Å². The number of thioether (sulfide) groups is 2. The first kappa shape index (κ1) is 13.3. The van der Waals surface area contributed by atoms with Crippen molar-refractivity contribution in [2.24, 2.45) is 0 Å². The van der Waals surface area contributed by atoms with Crippen LogP contribution in [0.2, 0.25) is 0 Å². The molecule has 1 nitrogen and oxygen atoms in total. The number of hydrogen-bond donors (Lipinski definition) is 1. The zero-order valence-electron chi connectivity index (χ0n) is 9.67. The molecule has 2 aromatic carbocycles. The Hall–Kier alpha value is -1.13. The van der Waals surface area contributed by atoms with Gasteiger partial charge in [-0.05, 0) is 30.3 Å². The smallest absolute Gasteiger partial charge is 0.136 e. The van der Waals surface area contributed by atoms with Crippen LogP contribution in [0.25, 0.3) is 0 Å². The van der Waals surface area contributed by atoms with Crippen LogP contribution in [0.1, 0.15) is 0 Å². The molecule has 0 saturated heterocycles. The van der Waals surface area contributed by atoms with E-state index in [-0.39, 0.29) is 11.6 Å². The van der Waals surface area contributed by atoms with Crippen molar-refractivity contribution in [3.63, 3.8) is 0 Å². The molecule has 2 aromatic rings. The molecule has 0 aromatic heterocycles. The molecule has 0 heterocycles. The van der Waals surface area contributed by atoms with E-state index in [0.717, 1.165) is 16.4 Å². The maximum absolute atomic E-state index is 13.3. The summed E-state index contributed by atoms with van der Waals surface area (Å²) < 4.78 is 13.3. The van der Waals surface area contributed by atoms with Crippen molar-refractivity contribution in [1.82, 2.24) is 0 Å². The van der Waals surface area contributed by atoms with E-state index < -0.39 is 0 Å². The maximum Gasteiger partial charge on any atom is 0.136 e. The van der Waals surface area contributed by atoms with Crippen LogP contribution in [0, 0.1) is 5.82 Å². The van der Waals surface area contributed by atoms with E-state index in [1.807, 2.05) is 18.2 Å². The summed E-state index contributed by atoms with van der Waals surface area (Å²) in [5.74, 6) is 1.83. The molecular formula is C14H13FOS2. The lowest BCUT2D eigenvalue weighted by Gasteiger charge is -2.03. The molecule has 18 heavy (non-hydrogen) atoms. The van der Waals surface area contributed by atoms with E-state index in [4.69, 9.17) is 0 Å². The third-order valence-corrected chi connectivity index (χ3v) is 4.57. The average molecular weight is 280 g/mol. The van der Waals surface area contributed by atoms with Crippen LogP contribution in [0.5, 0.6) is 5.75 Å². The van der Waals surface area contributed by atoms with E-state index >= 15 is 0 Å². The Morgan fingerprint density at radius 3 is 2.50 bits per heavy atom. The zero-order chi connectivity index (χ0) is 12.8. The minimum Gasteiger partial charge on any atom is -0.508 e. The summed E-state index contributed by atoms with van der Waals surface area (Å²) in [5.41, 5.74) is 0. The van der Waals surface area contributed by atoms with E-state index in [2.05, 4.69) is 0 Å². The lowest BCUT2D eigenvalue weighted by molar-refractivity contribution is 0.474. The minimum absolute atomic E-state index is 0.162. The van der Waals surface area contributed by atoms with Gasteiger partial charge in [-0.25, -0.2) is 4.39 Å². The highest BCUT2D eigenvalue weighted by Crippen LogP contribution is 2.26. The molecule has 0 unspecified atom stereocenters. The van der Waals surface area contributed by atoms with E-state index in [9.17, 15) is 9.50 Å². The fourth-order valence-electron chi connectivity index (χ4n) is 1.45. The van der Waals surface area contributed by atoms with E-state index in [1.54, 1.807) is 36.0 Å². The third kappa shape index (κ3) is 3.96. The van der Waals surface area contributed by atoms with Crippen LogP contribution < -0.4 is 0 Å². The first-order valence-corrected chi connectivity index (χ1v) is 7.52. The van der Waals surface area contributed by atoms with Gasteiger partial charge in [-0.2, -0.15) is 0 Å². The quantitative estimate of drug-likeness (QED) is 0.647. The molecule has 1 N–H and O–H groups in total. The molecule has 0 radical (unpaired) electrons. The minimum atomic E-state index is -0.162. The highest BCUT2D eigenvalue weighted by atomic mass is 32.2. The van der Waals surface area contributed by atoms with Gasteiger partial charge in [0.15, 0.2) is 0 Å². The summed E-state index contributed by atoms with van der Waals surface area (Å²) in [5, 5.41) is 9.32. The Kier molecular flexibility index (Phi) is 4.96. The van der Waals surface area contributed by atoms with Gasteiger partial charge in [0.05, 0.1) is 0 Å². The second kappa shape index (κ2) is 6.71. The van der Waals surface area contributed by atoms with Crippen LogP contribution >= 0.6 is 23.5 Å². The maximum atomic E-state index is 13.3. The fourth-order valence-corrected chi connectivity index (χ4v) is 3.33. The number of rotatable bonds is 5. The second-order valence-electron chi connectivity index (χ2n) is 3.62. The lowest BCUT2D eigenvalue weighted by Crippen LogP contribution is -1.86. The third-order valence-electron chi connectivity index (χ3n) is 2.26. The summed E-state index contributed by atoms with van der Waals surface area (Å²) in [4.78, 5) is 1.72. The van der Waals surface area contributed by atoms with Gasteiger partial charge in [-0.3, -0.25) is 0 Å². The molecule has 94 valence electrons. The second-order valence-corrected chi connectivity index (χ2v) is 5.93. The Morgan fingerprint density at radius 2 is 1.72 bits per heavy atom. The molecule has 0 spiro atoms. The number of hydrogen-bond acceptors (Lipinski definition) is 3. The molecule has 4 heteroatoms. The Morgan fingerprint density at radius 1 is 0.944 bits per heavy atom. The molecule has 0 aliphatic rings. The van der Waals surface area contributed by atoms with Crippen molar-refractivity contribution in [2.75, 3.05) is 11.5 Å². The predicted molar refractivity (Wildman–Crippen MR) is 76.0 cm³/mol. The van der Waals surface area contributed by atoms with Crippen molar-refractivity contribution in [3.05, 3.63) is 54.3 Å². The summed E-state index contributed by atoms with van der Waals surface area (Å²) >= 11 is 3.17. The molecule has 0 aliphatic heterocycles. The summed E-state index contributed by atoms with van der Waals surface area (Å²) in [6.45, 7) is 0. The Bertz CT molecular complexity index is 517. The highest BCUT2D eigenvalue weighted by molar-refractivity contribution is 8.03. The van der Waals surface area contributed by atoms with Crippen molar-refractivity contribution in [3.8, 4) is 5.75 Å². The molecule has 0 bridgehead atoms. The van der Waals surface area contributed by atoms with Gasteiger partial charge in [0.25, 0.3) is 0 Å². The first-order valence-electron chi connectivity index (χ1n) is 5.55. The van der Waals surface area contributed by atoms with Gasteiger partial charge >= 0.3 is 0 Å². The monoisotopic (exact) mass is 280 g/mol. The Labute approximate surface area is 114 Å². The van der Waals surface area contributed by atoms with Gasteiger partial charge in [-0.15, -0.1) is 23.5 Å². The van der Waals surface area contributed by atoms with Crippen molar-refractivity contribution in [1.29, 1.82) is 0 Å². The summed E-state index contributed by atoms with van der Waals surface area (Å²) in [6, 6.07) is 14.0. The van der Waals surface area contributed by atoms with Gasteiger partial charge in [0.2, 0.25) is 0 Å². The molecule has 0 saturated carbocycles. The van der Waals surface area contributed by atoms with Gasteiger partial charge in [0.1, 0.15) is 11.6 Å². The number of benzene rings is 2. The van der Waals surface area contributed by atoms with Crippen molar-refractivity contribution in [2.45, 2.75) is 9.79 Å². The molecule has 0 amide bonds. The van der Waals surface area contributed by atoms with Crippen molar-refractivity contribution < 1.29 is 9.50 Å². The standard InChI is InChI=1S/C14H13FOS2/c15-13-6-1-2-7-14(13)18-9-8-17-12-5-3-4-11(16)10-12/h1-7,10,16H,8-9H2. The van der Waals surface area contributed by atoms with Gasteiger partial charge < -0.3 is 5.11 Å². The highest BCUT2D eigenvalue weighted by Gasteiger charge is 2.01. The Balaban J connectivity index is 1.78. The normalized spacial score (nSPS) is 10.5. The molecule has 0 atom stereocenters. The average Bonchev–Trinajstić information content (AvgIpc) is 2.37. The fraction of sp³-hybridized carbons (Fsp3) is 0.143. The van der Waals surface area contributed by atoms with E-state index in [0.29, 0.717) is 4.90 Å². The molecule has 0 aliphatic carbocycles.